The van der Waals surface area contributed by atoms with E-state index in [1.165, 1.54) is 30.6 Å². The third-order valence-corrected chi connectivity index (χ3v) is 4.19. The number of nitrogens with two attached hydrogens (primary N) is 1. The number of rotatable bonds is 2. The third-order valence-electron chi connectivity index (χ3n) is 4.19. The molecule has 0 bridgehead atoms. The third kappa shape index (κ3) is 1.89. The first kappa shape index (κ1) is 10.9. The molecule has 0 amide bonds. The monoisotopic (exact) mass is 231 g/mol. The van der Waals surface area contributed by atoms with Crippen molar-refractivity contribution >= 4 is 11.4 Å². The quantitative estimate of drug-likeness (QED) is 0.842. The fraction of sp³-hybridized carbons (Fsp3) is 0.571. The van der Waals surface area contributed by atoms with E-state index in [0.29, 0.717) is 0 Å². The molecule has 0 unspecified atom stereocenters. The lowest BCUT2D eigenvalue weighted by molar-refractivity contribution is 0.252. The van der Waals surface area contributed by atoms with Crippen molar-refractivity contribution in [3.8, 4) is 0 Å². The molecule has 1 saturated carbocycles. The molecule has 3 rings (SSSR count). The summed E-state index contributed by atoms with van der Waals surface area (Å²) in [6, 6.07) is 8.65. The van der Waals surface area contributed by atoms with Crippen LogP contribution in [-0.2, 0) is 0 Å². The van der Waals surface area contributed by atoms with Gasteiger partial charge in [0.25, 0.3) is 0 Å². The minimum atomic E-state index is 0.0724. The normalized spacial score (nSPS) is 22.0. The largest absolute Gasteiger partial charge is 0.371 e. The molecule has 2 aliphatic rings. The van der Waals surface area contributed by atoms with Crippen LogP contribution in [0.1, 0.15) is 19.3 Å². The van der Waals surface area contributed by atoms with Crippen LogP contribution < -0.4 is 15.5 Å². The number of para-hydroxylation sites is 2. The molecule has 92 valence electrons. The van der Waals surface area contributed by atoms with Crippen molar-refractivity contribution in [1.29, 1.82) is 0 Å². The highest BCUT2D eigenvalue weighted by Gasteiger charge is 2.35. The lowest BCUT2D eigenvalue weighted by atomic mass is 9.77. The van der Waals surface area contributed by atoms with Crippen LogP contribution in [0.5, 0.6) is 0 Å². The Labute approximate surface area is 103 Å². The molecule has 1 aliphatic carbocycles. The van der Waals surface area contributed by atoms with E-state index >= 15 is 0 Å². The lowest BCUT2D eigenvalue weighted by Crippen LogP contribution is -2.57. The first-order chi connectivity index (χ1) is 8.18. The van der Waals surface area contributed by atoms with Gasteiger partial charge in [-0.05, 0) is 31.4 Å². The molecule has 1 fully saturated rings. The van der Waals surface area contributed by atoms with Gasteiger partial charge in [-0.1, -0.05) is 12.1 Å². The van der Waals surface area contributed by atoms with Crippen molar-refractivity contribution in [3.63, 3.8) is 0 Å². The molecule has 0 saturated heterocycles. The van der Waals surface area contributed by atoms with E-state index in [2.05, 4.69) is 41.1 Å². The van der Waals surface area contributed by atoms with Gasteiger partial charge in [-0.15, -0.1) is 0 Å². The summed E-state index contributed by atoms with van der Waals surface area (Å²) in [6.07, 6.45) is 3.66. The zero-order valence-electron chi connectivity index (χ0n) is 10.5. The average Bonchev–Trinajstić information content (AvgIpc) is 2.31. The van der Waals surface area contributed by atoms with Crippen LogP contribution in [0.4, 0.5) is 11.4 Å². The van der Waals surface area contributed by atoms with Crippen molar-refractivity contribution in [2.24, 2.45) is 5.73 Å². The Balaban J connectivity index is 1.85. The fourth-order valence-corrected chi connectivity index (χ4v) is 2.90. The molecular formula is C14H21N3. The summed E-state index contributed by atoms with van der Waals surface area (Å²) < 4.78 is 0. The van der Waals surface area contributed by atoms with Crippen LogP contribution in [0.3, 0.4) is 0 Å². The summed E-state index contributed by atoms with van der Waals surface area (Å²) in [6.45, 7) is 3.19. The van der Waals surface area contributed by atoms with Gasteiger partial charge in [-0.25, -0.2) is 0 Å². The Hall–Kier alpha value is -1.22. The molecule has 1 heterocycles. The summed E-state index contributed by atoms with van der Waals surface area (Å²) in [5.41, 5.74) is 9.12. The highest BCUT2D eigenvalue weighted by molar-refractivity contribution is 5.73. The molecule has 3 nitrogen and oxygen atoms in total. The second-order valence-corrected chi connectivity index (χ2v) is 5.55. The van der Waals surface area contributed by atoms with Crippen molar-refractivity contribution in [2.45, 2.75) is 24.8 Å². The smallest absolute Gasteiger partial charge is 0.0605 e. The summed E-state index contributed by atoms with van der Waals surface area (Å²) in [5, 5.41) is 0. The summed E-state index contributed by atoms with van der Waals surface area (Å²) in [5.74, 6) is 0. The zero-order valence-corrected chi connectivity index (χ0v) is 10.5. The standard InChI is InChI=1S/C14H21N3/c1-16-9-10-17(11-14(15)7-4-8-14)13-6-3-2-5-12(13)16/h2-3,5-6H,4,7-11,15H2,1H3. The topological polar surface area (TPSA) is 32.5 Å². The summed E-state index contributed by atoms with van der Waals surface area (Å²) >= 11 is 0. The number of likely N-dealkylation sites (N-methyl/N-ethyl adjacent to an activating group) is 1. The summed E-state index contributed by atoms with van der Waals surface area (Å²) in [4.78, 5) is 4.80. The molecule has 0 atom stereocenters. The van der Waals surface area contributed by atoms with Gasteiger partial charge in [0.1, 0.15) is 0 Å². The SMILES string of the molecule is CN1CCN(CC2(N)CCC2)c2ccccc21. The van der Waals surface area contributed by atoms with Crippen LogP contribution in [0, 0.1) is 0 Å². The van der Waals surface area contributed by atoms with Gasteiger partial charge in [0.05, 0.1) is 11.4 Å². The molecule has 17 heavy (non-hydrogen) atoms. The van der Waals surface area contributed by atoms with E-state index in [9.17, 15) is 0 Å². The van der Waals surface area contributed by atoms with E-state index in [1.807, 2.05) is 0 Å². The van der Waals surface area contributed by atoms with Crippen molar-refractivity contribution < 1.29 is 0 Å². The Morgan fingerprint density at radius 1 is 1.18 bits per heavy atom. The van der Waals surface area contributed by atoms with Gasteiger partial charge < -0.3 is 15.5 Å². The maximum Gasteiger partial charge on any atom is 0.0605 e. The number of anilines is 2. The minimum Gasteiger partial charge on any atom is -0.371 e. The first-order valence-electron chi connectivity index (χ1n) is 6.52. The van der Waals surface area contributed by atoms with Gasteiger partial charge in [-0.2, -0.15) is 0 Å². The molecule has 0 spiro atoms. The Morgan fingerprint density at radius 2 is 1.88 bits per heavy atom. The second-order valence-electron chi connectivity index (χ2n) is 5.55. The molecule has 1 aromatic rings. The molecule has 0 aromatic heterocycles. The second kappa shape index (κ2) is 3.91. The summed E-state index contributed by atoms with van der Waals surface area (Å²) in [7, 11) is 2.16. The van der Waals surface area contributed by atoms with Gasteiger partial charge in [-0.3, -0.25) is 0 Å². The molecule has 1 aliphatic heterocycles. The van der Waals surface area contributed by atoms with Gasteiger partial charge in [0, 0.05) is 32.2 Å². The fourth-order valence-electron chi connectivity index (χ4n) is 2.90. The van der Waals surface area contributed by atoms with Crippen molar-refractivity contribution in [1.82, 2.24) is 0 Å². The van der Waals surface area contributed by atoms with Gasteiger partial charge in [0.15, 0.2) is 0 Å². The Kier molecular flexibility index (Phi) is 2.51. The van der Waals surface area contributed by atoms with Gasteiger partial charge >= 0.3 is 0 Å². The average molecular weight is 231 g/mol. The van der Waals surface area contributed by atoms with Crippen LogP contribution in [-0.4, -0.2) is 32.2 Å². The number of nitrogens with zero attached hydrogens (tertiary/aromatic N) is 2. The van der Waals surface area contributed by atoms with E-state index in [0.717, 1.165) is 19.6 Å². The van der Waals surface area contributed by atoms with E-state index in [1.54, 1.807) is 0 Å². The zero-order chi connectivity index (χ0) is 11.9. The number of fused-ring (bicyclic) bond motifs is 1. The molecule has 3 heteroatoms. The Morgan fingerprint density at radius 3 is 2.53 bits per heavy atom. The maximum absolute atomic E-state index is 6.37. The first-order valence-corrected chi connectivity index (χ1v) is 6.52. The van der Waals surface area contributed by atoms with E-state index in [4.69, 9.17) is 5.73 Å². The van der Waals surface area contributed by atoms with Crippen molar-refractivity contribution in [2.75, 3.05) is 36.5 Å². The van der Waals surface area contributed by atoms with Crippen LogP contribution in [0.25, 0.3) is 0 Å². The molecule has 2 N–H and O–H groups in total. The maximum atomic E-state index is 6.37. The predicted molar refractivity (Wildman–Crippen MR) is 72.7 cm³/mol. The van der Waals surface area contributed by atoms with Crippen LogP contribution >= 0.6 is 0 Å². The lowest BCUT2D eigenvalue weighted by Gasteiger charge is -2.45. The van der Waals surface area contributed by atoms with E-state index < -0.39 is 0 Å². The Bertz CT molecular complexity index is 412. The number of hydrogen-bond acceptors (Lipinski definition) is 3. The minimum absolute atomic E-state index is 0.0724. The highest BCUT2D eigenvalue weighted by atomic mass is 15.3. The predicted octanol–water partition coefficient (Wildman–Crippen LogP) is 1.82. The van der Waals surface area contributed by atoms with Crippen LogP contribution in [0.15, 0.2) is 24.3 Å². The number of benzene rings is 1. The highest BCUT2D eigenvalue weighted by Crippen LogP contribution is 2.36. The molecule has 0 radical (unpaired) electrons. The van der Waals surface area contributed by atoms with Crippen molar-refractivity contribution in [3.05, 3.63) is 24.3 Å². The molecular weight excluding hydrogens is 210 g/mol. The van der Waals surface area contributed by atoms with Crippen LogP contribution in [0.2, 0.25) is 0 Å². The van der Waals surface area contributed by atoms with E-state index in [-0.39, 0.29) is 5.54 Å². The molecule has 1 aromatic carbocycles. The van der Waals surface area contributed by atoms with Gasteiger partial charge in [0.2, 0.25) is 0 Å². The number of hydrogen-bond donors (Lipinski definition) is 1.